The van der Waals surface area contributed by atoms with E-state index in [1.165, 1.54) is 6.42 Å². The van der Waals surface area contributed by atoms with Crippen molar-refractivity contribution in [2.45, 2.75) is 57.6 Å². The van der Waals surface area contributed by atoms with Crippen LogP contribution >= 0.6 is 0 Å². The van der Waals surface area contributed by atoms with Crippen LogP contribution in [0, 0.1) is 5.92 Å². The van der Waals surface area contributed by atoms with E-state index >= 15 is 0 Å². The van der Waals surface area contributed by atoms with Crippen LogP contribution in [-0.2, 0) is 20.9 Å². The largest absolute Gasteiger partial charge is 0.467 e. The zero-order chi connectivity index (χ0) is 19.8. The third-order valence-corrected chi connectivity index (χ3v) is 5.67. The quantitative estimate of drug-likeness (QED) is 0.609. The summed E-state index contributed by atoms with van der Waals surface area (Å²) >= 11 is 0. The van der Waals surface area contributed by atoms with Crippen LogP contribution in [0.3, 0.4) is 0 Å². The van der Waals surface area contributed by atoms with Gasteiger partial charge in [-0.05, 0) is 37.8 Å². The zero-order valence-corrected chi connectivity index (χ0v) is 16.7. The summed E-state index contributed by atoms with van der Waals surface area (Å²) in [5.41, 5.74) is 0. The number of rotatable bonds is 9. The summed E-state index contributed by atoms with van der Waals surface area (Å²) in [5.74, 6) is 0.791. The molecule has 3 rings (SSSR count). The molecule has 1 aromatic heterocycles. The highest BCUT2D eigenvalue weighted by molar-refractivity contribution is 5.86. The highest BCUT2D eigenvalue weighted by Gasteiger charge is 2.29. The minimum atomic E-state index is -0.0714. The van der Waals surface area contributed by atoms with Crippen LogP contribution in [0.15, 0.2) is 35.5 Å². The molecule has 1 atom stereocenters. The van der Waals surface area contributed by atoms with Gasteiger partial charge in [0.15, 0.2) is 0 Å². The number of hydrogen-bond donors (Lipinski definition) is 0. The lowest BCUT2D eigenvalue weighted by molar-refractivity contribution is -0.144. The molecule has 0 N–H and O–H groups in total. The number of carbonyl (C=O) groups is 2. The van der Waals surface area contributed by atoms with Crippen LogP contribution in [-0.4, -0.2) is 54.0 Å². The minimum absolute atomic E-state index is 0.0400. The molecule has 0 unspecified atom stereocenters. The molecule has 1 aliphatic heterocycles. The highest BCUT2D eigenvalue weighted by Crippen LogP contribution is 2.25. The third kappa shape index (κ3) is 5.71. The molecule has 1 aliphatic carbocycles. The van der Waals surface area contributed by atoms with E-state index in [2.05, 4.69) is 6.58 Å². The Labute approximate surface area is 167 Å². The number of amides is 2. The molecule has 2 fully saturated rings. The van der Waals surface area contributed by atoms with Crippen molar-refractivity contribution in [1.82, 2.24) is 9.80 Å². The monoisotopic (exact) mass is 388 g/mol. The number of hydrogen-bond acceptors (Lipinski definition) is 4. The fourth-order valence-electron chi connectivity index (χ4n) is 4.14. The summed E-state index contributed by atoms with van der Waals surface area (Å²) in [6.07, 6.45) is 10.6. The molecule has 2 aliphatic rings. The molecule has 154 valence electrons. The van der Waals surface area contributed by atoms with Crippen LogP contribution < -0.4 is 0 Å². The van der Waals surface area contributed by atoms with Crippen LogP contribution in [0.25, 0.3) is 0 Å². The molecule has 1 saturated heterocycles. The van der Waals surface area contributed by atoms with E-state index in [1.807, 2.05) is 12.1 Å². The lowest BCUT2D eigenvalue weighted by atomic mass is 9.88. The van der Waals surface area contributed by atoms with Crippen molar-refractivity contribution in [3.05, 3.63) is 36.8 Å². The Morgan fingerprint density at radius 3 is 2.61 bits per heavy atom. The van der Waals surface area contributed by atoms with E-state index in [4.69, 9.17) is 9.15 Å². The molecule has 0 spiro atoms. The first-order valence-electron chi connectivity index (χ1n) is 10.5. The molecule has 6 heteroatoms. The Morgan fingerprint density at radius 2 is 1.96 bits per heavy atom. The molecule has 1 saturated carbocycles. The molecule has 0 bridgehead atoms. The average Bonchev–Trinajstić information content (AvgIpc) is 3.41. The smallest absolute Gasteiger partial charge is 0.242 e. The second-order valence-electron chi connectivity index (χ2n) is 7.83. The number of nitrogens with zero attached hydrogens (tertiary/aromatic N) is 2. The van der Waals surface area contributed by atoms with Gasteiger partial charge in [-0.1, -0.05) is 25.3 Å². The standard InChI is InChI=1S/C22H32N2O4/c1-2-12-23(22(26)18-8-4-3-5-9-18)17-21(25)24(15-19-10-6-13-27-19)16-20-11-7-14-28-20/h2,6,10,13,18,20H,1,3-5,7-9,11-12,14-17H2/t20-/m0/s1. The summed E-state index contributed by atoms with van der Waals surface area (Å²) in [4.78, 5) is 29.5. The Morgan fingerprint density at radius 1 is 1.14 bits per heavy atom. The normalized spacial score (nSPS) is 20.1. The van der Waals surface area contributed by atoms with Gasteiger partial charge in [0.2, 0.25) is 11.8 Å². The van der Waals surface area contributed by atoms with Gasteiger partial charge in [-0.25, -0.2) is 0 Å². The Kier molecular flexibility index (Phi) is 7.71. The van der Waals surface area contributed by atoms with E-state index in [9.17, 15) is 9.59 Å². The fraction of sp³-hybridized carbons (Fsp3) is 0.636. The predicted octanol–water partition coefficient (Wildman–Crippen LogP) is 3.38. The maximum absolute atomic E-state index is 13.1. The van der Waals surface area contributed by atoms with Crippen LogP contribution in [0.2, 0.25) is 0 Å². The van der Waals surface area contributed by atoms with Crippen molar-refractivity contribution in [3.8, 4) is 0 Å². The molecule has 28 heavy (non-hydrogen) atoms. The third-order valence-electron chi connectivity index (χ3n) is 5.67. The SMILES string of the molecule is C=CCN(CC(=O)N(Cc1ccco1)C[C@@H]1CCCO1)C(=O)C1CCCCC1. The van der Waals surface area contributed by atoms with Crippen molar-refractivity contribution in [2.75, 3.05) is 26.2 Å². The van der Waals surface area contributed by atoms with Crippen LogP contribution in [0.1, 0.15) is 50.7 Å². The van der Waals surface area contributed by atoms with Gasteiger partial charge in [0.1, 0.15) is 12.3 Å². The van der Waals surface area contributed by atoms with Gasteiger partial charge in [0.25, 0.3) is 0 Å². The van der Waals surface area contributed by atoms with E-state index in [0.29, 0.717) is 19.6 Å². The van der Waals surface area contributed by atoms with Gasteiger partial charge < -0.3 is 19.0 Å². The summed E-state index contributed by atoms with van der Waals surface area (Å²) in [6.45, 7) is 5.91. The molecule has 1 aromatic rings. The van der Waals surface area contributed by atoms with Crippen molar-refractivity contribution in [1.29, 1.82) is 0 Å². The van der Waals surface area contributed by atoms with Crippen molar-refractivity contribution in [3.63, 3.8) is 0 Å². The van der Waals surface area contributed by atoms with Gasteiger partial charge in [-0.3, -0.25) is 9.59 Å². The molecule has 6 nitrogen and oxygen atoms in total. The molecule has 2 heterocycles. The maximum atomic E-state index is 13.1. The van der Waals surface area contributed by atoms with Crippen molar-refractivity contribution < 1.29 is 18.7 Å². The van der Waals surface area contributed by atoms with Crippen LogP contribution in [0.4, 0.5) is 0 Å². The molecular weight excluding hydrogens is 356 g/mol. The molecule has 0 radical (unpaired) electrons. The Balaban J connectivity index is 1.65. The minimum Gasteiger partial charge on any atom is -0.467 e. The van der Waals surface area contributed by atoms with Gasteiger partial charge >= 0.3 is 0 Å². The fourth-order valence-corrected chi connectivity index (χ4v) is 4.14. The van der Waals surface area contributed by atoms with Gasteiger partial charge in [-0.2, -0.15) is 0 Å². The average molecular weight is 389 g/mol. The van der Waals surface area contributed by atoms with E-state index in [-0.39, 0.29) is 30.4 Å². The van der Waals surface area contributed by atoms with E-state index in [1.54, 1.807) is 22.1 Å². The van der Waals surface area contributed by atoms with Crippen molar-refractivity contribution >= 4 is 11.8 Å². The summed E-state index contributed by atoms with van der Waals surface area (Å²) in [6, 6.07) is 3.69. The topological polar surface area (TPSA) is 63.0 Å². The van der Waals surface area contributed by atoms with Crippen molar-refractivity contribution in [2.24, 2.45) is 5.92 Å². The summed E-state index contributed by atoms with van der Waals surface area (Å²) < 4.78 is 11.2. The van der Waals surface area contributed by atoms with Gasteiger partial charge in [0.05, 0.1) is 18.9 Å². The van der Waals surface area contributed by atoms with Gasteiger partial charge in [0, 0.05) is 25.6 Å². The maximum Gasteiger partial charge on any atom is 0.242 e. The highest BCUT2D eigenvalue weighted by atomic mass is 16.5. The number of ether oxygens (including phenoxy) is 1. The second-order valence-corrected chi connectivity index (χ2v) is 7.83. The Bertz CT molecular complexity index is 631. The van der Waals surface area contributed by atoms with Gasteiger partial charge in [-0.15, -0.1) is 6.58 Å². The first kappa shape index (κ1) is 20.6. The lowest BCUT2D eigenvalue weighted by Crippen LogP contribution is -2.46. The second kappa shape index (κ2) is 10.5. The Hall–Kier alpha value is -2.08. The first-order valence-corrected chi connectivity index (χ1v) is 10.5. The zero-order valence-electron chi connectivity index (χ0n) is 16.7. The van der Waals surface area contributed by atoms with E-state index < -0.39 is 0 Å². The molecular formula is C22H32N2O4. The summed E-state index contributed by atoms with van der Waals surface area (Å²) in [7, 11) is 0. The van der Waals surface area contributed by atoms with Crippen LogP contribution in [0.5, 0.6) is 0 Å². The first-order chi connectivity index (χ1) is 13.7. The predicted molar refractivity (Wildman–Crippen MR) is 106 cm³/mol. The molecule has 0 aromatic carbocycles. The molecule has 2 amide bonds. The number of furan rings is 1. The number of carbonyl (C=O) groups excluding carboxylic acids is 2. The van der Waals surface area contributed by atoms with E-state index in [0.717, 1.165) is 50.9 Å². The summed E-state index contributed by atoms with van der Waals surface area (Å²) in [5, 5.41) is 0. The lowest BCUT2D eigenvalue weighted by Gasteiger charge is -2.31.